The summed E-state index contributed by atoms with van der Waals surface area (Å²) < 4.78 is 20.9. The third-order valence-corrected chi connectivity index (χ3v) is 7.11. The van der Waals surface area contributed by atoms with Crippen LogP contribution in [0.3, 0.4) is 0 Å². The SMILES string of the molecule is Fc1ccc(-c2cc(C3CCCN(Cc4cccnc4N4CCOCC4)C3)n(-c3ncccn3)n2)cc1. The van der Waals surface area contributed by atoms with Crippen molar-refractivity contribution in [3.63, 3.8) is 0 Å². The first-order chi connectivity index (χ1) is 18.2. The van der Waals surface area contributed by atoms with E-state index in [0.29, 0.717) is 5.95 Å². The van der Waals surface area contributed by atoms with Gasteiger partial charge in [0, 0.05) is 61.8 Å². The molecular formula is C28H30FN7O. The zero-order valence-electron chi connectivity index (χ0n) is 20.7. The van der Waals surface area contributed by atoms with Gasteiger partial charge in [-0.15, -0.1) is 0 Å². The van der Waals surface area contributed by atoms with Gasteiger partial charge >= 0.3 is 0 Å². The van der Waals surface area contributed by atoms with E-state index in [1.165, 1.54) is 17.7 Å². The van der Waals surface area contributed by atoms with Crippen LogP contribution in [0.4, 0.5) is 10.2 Å². The summed E-state index contributed by atoms with van der Waals surface area (Å²) >= 11 is 0. The summed E-state index contributed by atoms with van der Waals surface area (Å²) in [5.74, 6) is 1.62. The quantitative estimate of drug-likeness (QED) is 0.396. The summed E-state index contributed by atoms with van der Waals surface area (Å²) in [6.07, 6.45) is 7.48. The van der Waals surface area contributed by atoms with E-state index in [1.54, 1.807) is 30.6 Å². The van der Waals surface area contributed by atoms with Crippen LogP contribution in [-0.4, -0.2) is 69.0 Å². The average Bonchev–Trinajstić information content (AvgIpc) is 3.41. The summed E-state index contributed by atoms with van der Waals surface area (Å²) in [6.45, 7) is 6.00. The Bertz CT molecular complexity index is 1320. The molecule has 2 aliphatic heterocycles. The second-order valence-electron chi connectivity index (χ2n) is 9.58. The van der Waals surface area contributed by atoms with Gasteiger partial charge in [0.05, 0.1) is 24.6 Å². The lowest BCUT2D eigenvalue weighted by Crippen LogP contribution is -2.39. The van der Waals surface area contributed by atoms with E-state index in [0.717, 1.165) is 81.5 Å². The number of anilines is 1. The number of benzene rings is 1. The van der Waals surface area contributed by atoms with E-state index >= 15 is 0 Å². The Balaban J connectivity index is 1.27. The lowest BCUT2D eigenvalue weighted by Gasteiger charge is -2.34. The second-order valence-corrected chi connectivity index (χ2v) is 9.58. The number of rotatable bonds is 6. The molecule has 6 rings (SSSR count). The van der Waals surface area contributed by atoms with Crippen molar-refractivity contribution in [1.29, 1.82) is 0 Å². The highest BCUT2D eigenvalue weighted by Gasteiger charge is 2.27. The van der Waals surface area contributed by atoms with E-state index in [4.69, 9.17) is 14.8 Å². The molecule has 0 bridgehead atoms. The number of hydrogen-bond donors (Lipinski definition) is 0. The fourth-order valence-corrected chi connectivity index (χ4v) is 5.30. The highest BCUT2D eigenvalue weighted by atomic mass is 19.1. The molecule has 2 fully saturated rings. The number of piperidine rings is 1. The molecular weight excluding hydrogens is 469 g/mol. The van der Waals surface area contributed by atoms with Gasteiger partial charge in [-0.1, -0.05) is 6.07 Å². The molecule has 5 heterocycles. The molecule has 4 aromatic rings. The van der Waals surface area contributed by atoms with Crippen molar-refractivity contribution >= 4 is 5.82 Å². The standard InChI is InChI=1S/C28H30FN7O/c29-24-8-6-21(7-9-24)25-18-26(36(33-25)28-31-11-3-12-32-28)22-5-2-13-34(19-22)20-23-4-1-10-30-27(23)35-14-16-37-17-15-35/h1,3-4,6-12,18,22H,2,5,13-17,19-20H2. The maximum Gasteiger partial charge on any atom is 0.250 e. The molecule has 0 N–H and O–H groups in total. The summed E-state index contributed by atoms with van der Waals surface area (Å²) in [6, 6.07) is 14.6. The van der Waals surface area contributed by atoms with Gasteiger partial charge in [0.1, 0.15) is 11.6 Å². The minimum Gasteiger partial charge on any atom is -0.378 e. The van der Waals surface area contributed by atoms with Crippen molar-refractivity contribution < 1.29 is 9.13 Å². The topological polar surface area (TPSA) is 72.2 Å². The van der Waals surface area contributed by atoms with Crippen molar-refractivity contribution in [1.82, 2.24) is 29.6 Å². The van der Waals surface area contributed by atoms with E-state index in [1.807, 2.05) is 16.9 Å². The lowest BCUT2D eigenvalue weighted by molar-refractivity contribution is 0.122. The van der Waals surface area contributed by atoms with Crippen LogP contribution in [0.25, 0.3) is 17.2 Å². The van der Waals surface area contributed by atoms with Crippen molar-refractivity contribution in [3.8, 4) is 17.2 Å². The molecule has 2 saturated heterocycles. The molecule has 0 spiro atoms. The molecule has 1 unspecified atom stereocenters. The number of nitrogens with zero attached hydrogens (tertiary/aromatic N) is 7. The van der Waals surface area contributed by atoms with Crippen LogP contribution in [0, 0.1) is 5.82 Å². The Hall–Kier alpha value is -3.69. The molecule has 0 aliphatic carbocycles. The molecule has 0 amide bonds. The normalized spacial score (nSPS) is 18.7. The molecule has 3 aromatic heterocycles. The van der Waals surface area contributed by atoms with Crippen LogP contribution in [0.5, 0.6) is 0 Å². The third kappa shape index (κ3) is 5.23. The first-order valence-electron chi connectivity index (χ1n) is 12.9. The summed E-state index contributed by atoms with van der Waals surface area (Å²) in [7, 11) is 0. The average molecular weight is 500 g/mol. The van der Waals surface area contributed by atoms with Gasteiger partial charge in [-0.3, -0.25) is 4.90 Å². The molecule has 190 valence electrons. The smallest absolute Gasteiger partial charge is 0.250 e. The van der Waals surface area contributed by atoms with Gasteiger partial charge in [0.2, 0.25) is 0 Å². The van der Waals surface area contributed by atoms with Crippen LogP contribution in [0.2, 0.25) is 0 Å². The first-order valence-corrected chi connectivity index (χ1v) is 12.9. The van der Waals surface area contributed by atoms with Gasteiger partial charge < -0.3 is 9.64 Å². The summed E-state index contributed by atoms with van der Waals surface area (Å²) in [4.78, 5) is 18.5. The predicted octanol–water partition coefficient (Wildman–Crippen LogP) is 4.08. The fraction of sp³-hybridized carbons (Fsp3) is 0.357. The van der Waals surface area contributed by atoms with E-state index in [-0.39, 0.29) is 11.7 Å². The van der Waals surface area contributed by atoms with Crippen molar-refractivity contribution in [2.24, 2.45) is 0 Å². The monoisotopic (exact) mass is 499 g/mol. The van der Waals surface area contributed by atoms with E-state index in [2.05, 4.69) is 31.9 Å². The molecule has 1 atom stereocenters. The van der Waals surface area contributed by atoms with Crippen LogP contribution in [0.1, 0.15) is 30.0 Å². The van der Waals surface area contributed by atoms with Gasteiger partial charge in [-0.05, 0) is 61.9 Å². The van der Waals surface area contributed by atoms with Gasteiger partial charge in [0.25, 0.3) is 5.95 Å². The predicted molar refractivity (Wildman–Crippen MR) is 139 cm³/mol. The van der Waals surface area contributed by atoms with Crippen molar-refractivity contribution in [3.05, 3.63) is 84.2 Å². The number of morpholine rings is 1. The number of pyridine rings is 1. The van der Waals surface area contributed by atoms with Gasteiger partial charge in [0.15, 0.2) is 0 Å². The lowest BCUT2D eigenvalue weighted by atomic mass is 9.93. The molecule has 1 aromatic carbocycles. The fourth-order valence-electron chi connectivity index (χ4n) is 5.30. The number of halogens is 1. The maximum absolute atomic E-state index is 13.5. The molecule has 9 heteroatoms. The van der Waals surface area contributed by atoms with Gasteiger partial charge in [-0.2, -0.15) is 5.10 Å². The van der Waals surface area contributed by atoms with E-state index in [9.17, 15) is 4.39 Å². The van der Waals surface area contributed by atoms with Gasteiger partial charge in [-0.25, -0.2) is 24.0 Å². The Morgan fingerprint density at radius 1 is 0.919 bits per heavy atom. The zero-order chi connectivity index (χ0) is 25.0. The Kier molecular flexibility index (Phi) is 6.88. The molecule has 0 radical (unpaired) electrons. The zero-order valence-corrected chi connectivity index (χ0v) is 20.7. The molecule has 2 aliphatic rings. The van der Waals surface area contributed by atoms with Crippen LogP contribution >= 0.6 is 0 Å². The Morgan fingerprint density at radius 3 is 2.51 bits per heavy atom. The minimum absolute atomic E-state index is 0.260. The van der Waals surface area contributed by atoms with Crippen molar-refractivity contribution in [2.45, 2.75) is 25.3 Å². The Labute approximate surface area is 215 Å². The van der Waals surface area contributed by atoms with Crippen LogP contribution in [0.15, 0.2) is 67.1 Å². The number of ether oxygens (including phenoxy) is 1. The maximum atomic E-state index is 13.5. The molecule has 37 heavy (non-hydrogen) atoms. The Morgan fingerprint density at radius 2 is 1.70 bits per heavy atom. The van der Waals surface area contributed by atoms with E-state index < -0.39 is 0 Å². The second kappa shape index (κ2) is 10.7. The number of aromatic nitrogens is 5. The highest BCUT2D eigenvalue weighted by molar-refractivity contribution is 5.60. The minimum atomic E-state index is -0.260. The molecule has 0 saturated carbocycles. The molecule has 8 nitrogen and oxygen atoms in total. The number of hydrogen-bond acceptors (Lipinski definition) is 7. The van der Waals surface area contributed by atoms with Crippen LogP contribution in [-0.2, 0) is 11.3 Å². The third-order valence-electron chi connectivity index (χ3n) is 7.11. The first kappa shape index (κ1) is 23.7. The number of likely N-dealkylation sites (tertiary alicyclic amines) is 1. The summed E-state index contributed by atoms with van der Waals surface area (Å²) in [5, 5.41) is 4.86. The van der Waals surface area contributed by atoms with Crippen molar-refractivity contribution in [2.75, 3.05) is 44.3 Å². The highest BCUT2D eigenvalue weighted by Crippen LogP contribution is 2.32. The largest absolute Gasteiger partial charge is 0.378 e. The van der Waals surface area contributed by atoms with Crippen LogP contribution < -0.4 is 4.90 Å². The summed E-state index contributed by atoms with van der Waals surface area (Å²) in [5.41, 5.74) is 3.99.